The van der Waals surface area contributed by atoms with Crippen LogP contribution in [0.1, 0.15) is 18.5 Å². The Morgan fingerprint density at radius 2 is 1.73 bits per heavy atom. The van der Waals surface area contributed by atoms with Crippen LogP contribution in [0.25, 0.3) is 0 Å². The summed E-state index contributed by atoms with van der Waals surface area (Å²) in [4.78, 5) is 0. The summed E-state index contributed by atoms with van der Waals surface area (Å²) in [6.45, 7) is 1.85. The maximum absolute atomic E-state index is 5.86. The summed E-state index contributed by atoms with van der Waals surface area (Å²) in [5, 5.41) is 1.26. The molecule has 0 radical (unpaired) electrons. The largest absolute Gasteiger partial charge is 0.324 e. The van der Waals surface area contributed by atoms with Gasteiger partial charge < -0.3 is 5.73 Å². The second-order valence-corrected chi connectivity index (χ2v) is 3.24. The van der Waals surface area contributed by atoms with Crippen molar-refractivity contribution in [2.75, 3.05) is 0 Å². The van der Waals surface area contributed by atoms with Gasteiger partial charge in [0.25, 0.3) is 0 Å². The van der Waals surface area contributed by atoms with Gasteiger partial charge in [-0.05, 0) is 19.1 Å². The highest BCUT2D eigenvalue weighted by Crippen LogP contribution is 2.28. The first-order valence-electron chi connectivity index (χ1n) is 3.32. The number of benzene rings is 1. The Kier molecular flexibility index (Phi) is 2.77. The van der Waals surface area contributed by atoms with Crippen LogP contribution in [0.15, 0.2) is 18.2 Å². The lowest BCUT2D eigenvalue weighted by molar-refractivity contribution is 0.819. The van der Waals surface area contributed by atoms with E-state index in [0.29, 0.717) is 10.0 Å². The van der Waals surface area contributed by atoms with Crippen molar-refractivity contribution in [3.8, 4) is 0 Å². The molecule has 1 nitrogen and oxygen atoms in total. The molecular formula is C8H9Cl2N. The van der Waals surface area contributed by atoms with Crippen molar-refractivity contribution in [1.82, 2.24) is 0 Å². The van der Waals surface area contributed by atoms with E-state index in [1.165, 1.54) is 0 Å². The molecule has 0 amide bonds. The van der Waals surface area contributed by atoms with E-state index in [-0.39, 0.29) is 6.04 Å². The standard InChI is InChI=1S/C8H9Cl2N/c1-5(11)8-6(9)3-2-4-7(8)10/h2-5H,11H2,1H3/t5-/m0/s1. The van der Waals surface area contributed by atoms with E-state index < -0.39 is 0 Å². The Hall–Kier alpha value is -0.240. The van der Waals surface area contributed by atoms with Gasteiger partial charge in [-0.2, -0.15) is 0 Å². The van der Waals surface area contributed by atoms with E-state index in [2.05, 4.69) is 0 Å². The normalized spacial score (nSPS) is 13.1. The van der Waals surface area contributed by atoms with Crippen LogP contribution in [-0.4, -0.2) is 0 Å². The summed E-state index contributed by atoms with van der Waals surface area (Å²) in [5.74, 6) is 0. The van der Waals surface area contributed by atoms with Crippen LogP contribution in [-0.2, 0) is 0 Å². The average molecular weight is 190 g/mol. The minimum atomic E-state index is -0.115. The summed E-state index contributed by atoms with van der Waals surface area (Å²) in [6.07, 6.45) is 0. The maximum Gasteiger partial charge on any atom is 0.0468 e. The van der Waals surface area contributed by atoms with Gasteiger partial charge in [-0.1, -0.05) is 29.3 Å². The van der Waals surface area contributed by atoms with Crippen molar-refractivity contribution in [3.63, 3.8) is 0 Å². The Morgan fingerprint density at radius 1 is 1.27 bits per heavy atom. The quantitative estimate of drug-likeness (QED) is 0.723. The molecule has 0 saturated heterocycles. The van der Waals surface area contributed by atoms with E-state index in [9.17, 15) is 0 Å². The lowest BCUT2D eigenvalue weighted by atomic mass is 10.1. The summed E-state index contributed by atoms with van der Waals surface area (Å²) < 4.78 is 0. The molecule has 0 heterocycles. The van der Waals surface area contributed by atoms with Gasteiger partial charge in [0.05, 0.1) is 0 Å². The highest BCUT2D eigenvalue weighted by atomic mass is 35.5. The van der Waals surface area contributed by atoms with Crippen LogP contribution in [0.5, 0.6) is 0 Å². The number of hydrogen-bond donors (Lipinski definition) is 1. The molecule has 11 heavy (non-hydrogen) atoms. The summed E-state index contributed by atoms with van der Waals surface area (Å²) in [6, 6.07) is 5.26. The minimum absolute atomic E-state index is 0.115. The van der Waals surface area contributed by atoms with Crippen molar-refractivity contribution in [1.29, 1.82) is 0 Å². The van der Waals surface area contributed by atoms with Crippen LogP contribution in [0.2, 0.25) is 10.0 Å². The zero-order valence-electron chi connectivity index (χ0n) is 6.14. The Bertz CT molecular complexity index is 238. The molecule has 2 N–H and O–H groups in total. The molecule has 0 unspecified atom stereocenters. The molecule has 0 spiro atoms. The third-order valence-corrected chi connectivity index (χ3v) is 2.11. The van der Waals surface area contributed by atoms with Crippen molar-refractivity contribution >= 4 is 23.2 Å². The van der Waals surface area contributed by atoms with Crippen LogP contribution >= 0.6 is 23.2 Å². The fraction of sp³-hybridized carbons (Fsp3) is 0.250. The van der Waals surface area contributed by atoms with E-state index in [1.807, 2.05) is 6.92 Å². The third-order valence-electron chi connectivity index (χ3n) is 1.46. The van der Waals surface area contributed by atoms with Crippen LogP contribution in [0.3, 0.4) is 0 Å². The molecule has 0 aliphatic carbocycles. The molecule has 3 heteroatoms. The van der Waals surface area contributed by atoms with Gasteiger partial charge in [0.1, 0.15) is 0 Å². The zero-order chi connectivity index (χ0) is 8.43. The Morgan fingerprint density at radius 3 is 2.00 bits per heavy atom. The summed E-state index contributed by atoms with van der Waals surface area (Å²) >= 11 is 11.7. The van der Waals surface area contributed by atoms with Gasteiger partial charge in [-0.15, -0.1) is 0 Å². The second kappa shape index (κ2) is 3.44. The molecule has 0 aliphatic heterocycles. The first-order chi connectivity index (χ1) is 5.13. The lowest BCUT2D eigenvalue weighted by Gasteiger charge is -2.09. The zero-order valence-corrected chi connectivity index (χ0v) is 7.65. The van der Waals surface area contributed by atoms with Gasteiger partial charge in [-0.25, -0.2) is 0 Å². The monoisotopic (exact) mass is 189 g/mol. The topological polar surface area (TPSA) is 26.0 Å². The van der Waals surface area contributed by atoms with E-state index in [1.54, 1.807) is 18.2 Å². The second-order valence-electron chi connectivity index (χ2n) is 2.42. The van der Waals surface area contributed by atoms with Gasteiger partial charge in [0, 0.05) is 21.7 Å². The molecule has 0 bridgehead atoms. The highest BCUT2D eigenvalue weighted by molar-refractivity contribution is 6.36. The van der Waals surface area contributed by atoms with E-state index in [0.717, 1.165) is 5.56 Å². The average Bonchev–Trinajstić information content (AvgIpc) is 1.85. The smallest absolute Gasteiger partial charge is 0.0468 e. The van der Waals surface area contributed by atoms with Gasteiger partial charge in [-0.3, -0.25) is 0 Å². The number of hydrogen-bond acceptors (Lipinski definition) is 1. The Balaban J connectivity index is 3.21. The van der Waals surface area contributed by atoms with Gasteiger partial charge in [0.15, 0.2) is 0 Å². The van der Waals surface area contributed by atoms with Gasteiger partial charge >= 0.3 is 0 Å². The van der Waals surface area contributed by atoms with Crippen LogP contribution in [0, 0.1) is 0 Å². The molecule has 0 saturated carbocycles. The third kappa shape index (κ3) is 1.86. The minimum Gasteiger partial charge on any atom is -0.324 e. The predicted molar refractivity (Wildman–Crippen MR) is 49.1 cm³/mol. The van der Waals surface area contributed by atoms with Crippen molar-refractivity contribution < 1.29 is 0 Å². The molecule has 0 aromatic heterocycles. The number of halogens is 2. The molecule has 1 aromatic carbocycles. The summed E-state index contributed by atoms with van der Waals surface area (Å²) in [7, 11) is 0. The molecule has 0 fully saturated rings. The van der Waals surface area contributed by atoms with Crippen molar-refractivity contribution in [3.05, 3.63) is 33.8 Å². The van der Waals surface area contributed by atoms with Crippen LogP contribution < -0.4 is 5.73 Å². The fourth-order valence-electron chi connectivity index (χ4n) is 0.946. The molecule has 0 aliphatic rings. The van der Waals surface area contributed by atoms with Crippen molar-refractivity contribution in [2.45, 2.75) is 13.0 Å². The molecular weight excluding hydrogens is 181 g/mol. The fourth-order valence-corrected chi connectivity index (χ4v) is 1.69. The maximum atomic E-state index is 5.86. The van der Waals surface area contributed by atoms with Gasteiger partial charge in [0.2, 0.25) is 0 Å². The SMILES string of the molecule is C[C@H](N)c1c(Cl)cccc1Cl. The highest BCUT2D eigenvalue weighted by Gasteiger charge is 2.08. The summed E-state index contributed by atoms with van der Waals surface area (Å²) in [5.41, 5.74) is 6.46. The number of rotatable bonds is 1. The predicted octanol–water partition coefficient (Wildman–Crippen LogP) is 3.01. The first kappa shape index (κ1) is 8.85. The van der Waals surface area contributed by atoms with E-state index >= 15 is 0 Å². The molecule has 60 valence electrons. The Labute approximate surface area is 76.1 Å². The first-order valence-corrected chi connectivity index (χ1v) is 4.08. The molecule has 1 atom stereocenters. The molecule has 1 aromatic rings. The van der Waals surface area contributed by atoms with Crippen LogP contribution in [0.4, 0.5) is 0 Å². The number of nitrogens with two attached hydrogens (primary N) is 1. The lowest BCUT2D eigenvalue weighted by Crippen LogP contribution is -2.06. The van der Waals surface area contributed by atoms with E-state index in [4.69, 9.17) is 28.9 Å². The molecule has 1 rings (SSSR count). The van der Waals surface area contributed by atoms with Crippen molar-refractivity contribution in [2.24, 2.45) is 5.73 Å².